The van der Waals surface area contributed by atoms with Gasteiger partial charge in [0.1, 0.15) is 10.0 Å². The van der Waals surface area contributed by atoms with Crippen molar-refractivity contribution < 1.29 is 13.3 Å². The van der Waals surface area contributed by atoms with E-state index in [1.54, 1.807) is 18.2 Å². The molecule has 0 aromatic heterocycles. The zero-order chi connectivity index (χ0) is 14.8. The maximum atomic E-state index is 12.1. The third kappa shape index (κ3) is 3.12. The molecular weight excluding hydrogens is 280 g/mol. The number of rotatable bonds is 4. The molecule has 2 rings (SSSR count). The van der Waals surface area contributed by atoms with E-state index in [9.17, 15) is 18.5 Å². The fourth-order valence-electron chi connectivity index (χ4n) is 1.62. The Hall–Kier alpha value is -2.41. The number of nitrogens with zero attached hydrogens (tertiary/aromatic N) is 2. The SMILES string of the molecule is Cc1cccc([N-]S(=O)(=O)c2ccc([N+](=O)[O-])cc2)c1. The van der Waals surface area contributed by atoms with Gasteiger partial charge in [-0.2, -0.15) is 0 Å². The van der Waals surface area contributed by atoms with Crippen molar-refractivity contribution >= 4 is 21.4 Å². The predicted octanol–water partition coefficient (Wildman–Crippen LogP) is 3.30. The molecule has 0 atom stereocenters. The van der Waals surface area contributed by atoms with Crippen molar-refractivity contribution in [1.29, 1.82) is 0 Å². The van der Waals surface area contributed by atoms with Crippen LogP contribution in [0.15, 0.2) is 53.4 Å². The molecule has 0 aliphatic rings. The maximum absolute atomic E-state index is 12.1. The van der Waals surface area contributed by atoms with Crippen molar-refractivity contribution in [2.24, 2.45) is 0 Å². The van der Waals surface area contributed by atoms with Crippen LogP contribution in [-0.2, 0) is 10.0 Å². The highest BCUT2D eigenvalue weighted by Crippen LogP contribution is 2.28. The van der Waals surface area contributed by atoms with Crippen LogP contribution >= 0.6 is 0 Å². The molecule has 104 valence electrons. The van der Waals surface area contributed by atoms with Gasteiger partial charge in [-0.25, -0.2) is 8.42 Å². The standard InChI is InChI=1S/C13H11N2O4S/c1-10-3-2-4-11(9-10)14-20(18,19)13-7-5-12(6-8-13)15(16)17/h2-9H,1H3/q-1. The highest BCUT2D eigenvalue weighted by atomic mass is 32.2. The normalized spacial score (nSPS) is 11.1. The van der Waals surface area contributed by atoms with E-state index in [1.165, 1.54) is 12.1 Å². The van der Waals surface area contributed by atoms with Gasteiger partial charge in [-0.15, -0.1) is 5.69 Å². The van der Waals surface area contributed by atoms with Gasteiger partial charge < -0.3 is 4.72 Å². The maximum Gasteiger partial charge on any atom is 0.269 e. The van der Waals surface area contributed by atoms with E-state index in [0.29, 0.717) is 5.69 Å². The van der Waals surface area contributed by atoms with E-state index in [0.717, 1.165) is 17.7 Å². The summed E-state index contributed by atoms with van der Waals surface area (Å²) in [6.45, 7) is 1.83. The molecule has 0 aliphatic heterocycles. The van der Waals surface area contributed by atoms with Gasteiger partial charge in [0.05, 0.1) is 9.82 Å². The minimum Gasteiger partial charge on any atom is -0.573 e. The van der Waals surface area contributed by atoms with E-state index in [1.807, 2.05) is 13.0 Å². The number of sulfonamides is 1. The molecule has 0 aliphatic carbocycles. The van der Waals surface area contributed by atoms with E-state index in [-0.39, 0.29) is 10.6 Å². The smallest absolute Gasteiger partial charge is 0.269 e. The quantitative estimate of drug-likeness (QED) is 0.638. The van der Waals surface area contributed by atoms with Crippen LogP contribution in [0, 0.1) is 17.0 Å². The van der Waals surface area contributed by atoms with Crippen molar-refractivity contribution in [3.63, 3.8) is 0 Å². The summed E-state index contributed by atoms with van der Waals surface area (Å²) < 4.78 is 27.8. The first-order valence-electron chi connectivity index (χ1n) is 5.68. The summed E-state index contributed by atoms with van der Waals surface area (Å²) in [4.78, 5) is 9.85. The Balaban J connectivity index is 2.28. The zero-order valence-electron chi connectivity index (χ0n) is 10.6. The molecule has 0 unspecified atom stereocenters. The number of aryl methyl sites for hydroxylation is 1. The molecule has 0 N–H and O–H groups in total. The third-order valence-corrected chi connectivity index (χ3v) is 3.89. The lowest BCUT2D eigenvalue weighted by Gasteiger charge is -2.22. The predicted molar refractivity (Wildman–Crippen MR) is 74.5 cm³/mol. The summed E-state index contributed by atoms with van der Waals surface area (Å²) in [5, 5.41) is 10.5. The lowest BCUT2D eigenvalue weighted by atomic mass is 10.2. The summed E-state index contributed by atoms with van der Waals surface area (Å²) in [5.41, 5.74) is 1.05. The third-order valence-electron chi connectivity index (χ3n) is 2.57. The summed E-state index contributed by atoms with van der Waals surface area (Å²) in [7, 11) is -3.87. The molecule has 0 radical (unpaired) electrons. The summed E-state index contributed by atoms with van der Waals surface area (Å²) in [5.74, 6) is 0. The lowest BCUT2D eigenvalue weighted by Crippen LogP contribution is -1.98. The molecule has 0 bridgehead atoms. The molecular formula is C13H11N2O4S-. The average Bonchev–Trinajstić information content (AvgIpc) is 2.38. The second-order valence-electron chi connectivity index (χ2n) is 4.16. The molecule has 2 aromatic carbocycles. The monoisotopic (exact) mass is 291 g/mol. The van der Waals surface area contributed by atoms with Crippen LogP contribution in [0.5, 0.6) is 0 Å². The fourth-order valence-corrected chi connectivity index (χ4v) is 2.59. The number of hydrogen-bond donors (Lipinski definition) is 0. The van der Waals surface area contributed by atoms with Gasteiger partial charge in [-0.1, -0.05) is 29.8 Å². The largest absolute Gasteiger partial charge is 0.573 e. The average molecular weight is 291 g/mol. The van der Waals surface area contributed by atoms with Gasteiger partial charge in [-0.3, -0.25) is 10.1 Å². The van der Waals surface area contributed by atoms with Gasteiger partial charge in [0.2, 0.25) is 0 Å². The van der Waals surface area contributed by atoms with Crippen LogP contribution in [-0.4, -0.2) is 13.3 Å². The van der Waals surface area contributed by atoms with Crippen LogP contribution in [0.25, 0.3) is 4.72 Å². The summed E-state index contributed by atoms with van der Waals surface area (Å²) >= 11 is 0. The van der Waals surface area contributed by atoms with Crippen LogP contribution in [0.1, 0.15) is 5.56 Å². The number of nitro groups is 1. The Bertz CT molecular complexity index is 739. The van der Waals surface area contributed by atoms with Crippen molar-refractivity contribution in [3.8, 4) is 0 Å². The Labute approximate surface area is 116 Å². The Morgan fingerprint density at radius 2 is 1.75 bits per heavy atom. The summed E-state index contributed by atoms with van der Waals surface area (Å²) in [6.07, 6.45) is 0. The van der Waals surface area contributed by atoms with Gasteiger partial charge in [0.25, 0.3) is 5.69 Å². The summed E-state index contributed by atoms with van der Waals surface area (Å²) in [6, 6.07) is 11.4. The van der Waals surface area contributed by atoms with Gasteiger partial charge >= 0.3 is 0 Å². The molecule has 0 heterocycles. The van der Waals surface area contributed by atoms with Crippen LogP contribution < -0.4 is 0 Å². The van der Waals surface area contributed by atoms with E-state index in [2.05, 4.69) is 4.72 Å². The van der Waals surface area contributed by atoms with Crippen LogP contribution in [0.2, 0.25) is 0 Å². The van der Waals surface area contributed by atoms with Crippen molar-refractivity contribution in [2.75, 3.05) is 0 Å². The van der Waals surface area contributed by atoms with Crippen molar-refractivity contribution in [1.82, 2.24) is 0 Å². The molecule has 0 saturated heterocycles. The second-order valence-corrected chi connectivity index (χ2v) is 5.76. The van der Waals surface area contributed by atoms with E-state index < -0.39 is 14.9 Å². The zero-order valence-corrected chi connectivity index (χ0v) is 11.4. The van der Waals surface area contributed by atoms with Crippen molar-refractivity contribution in [3.05, 3.63) is 68.9 Å². The Kier molecular flexibility index (Phi) is 3.71. The first-order valence-corrected chi connectivity index (χ1v) is 7.12. The molecule has 0 fully saturated rings. The van der Waals surface area contributed by atoms with Gasteiger partial charge in [0.15, 0.2) is 0 Å². The minimum absolute atomic E-state index is 0.0791. The fraction of sp³-hybridized carbons (Fsp3) is 0.0769. The highest BCUT2D eigenvalue weighted by Gasteiger charge is 2.09. The molecule has 20 heavy (non-hydrogen) atoms. The highest BCUT2D eigenvalue weighted by molar-refractivity contribution is 7.94. The number of benzene rings is 2. The molecule has 6 nitrogen and oxygen atoms in total. The van der Waals surface area contributed by atoms with Crippen LogP contribution in [0.4, 0.5) is 11.4 Å². The number of non-ortho nitro benzene ring substituents is 1. The van der Waals surface area contributed by atoms with E-state index >= 15 is 0 Å². The van der Waals surface area contributed by atoms with Crippen LogP contribution in [0.3, 0.4) is 0 Å². The minimum atomic E-state index is -3.87. The van der Waals surface area contributed by atoms with Crippen molar-refractivity contribution in [2.45, 2.75) is 11.8 Å². The van der Waals surface area contributed by atoms with Gasteiger partial charge in [-0.05, 0) is 19.1 Å². The Morgan fingerprint density at radius 1 is 1.10 bits per heavy atom. The Morgan fingerprint density at radius 3 is 2.30 bits per heavy atom. The molecule has 2 aromatic rings. The first-order chi connectivity index (χ1) is 9.38. The molecule has 7 heteroatoms. The molecule has 0 spiro atoms. The lowest BCUT2D eigenvalue weighted by molar-refractivity contribution is -0.384. The van der Waals surface area contributed by atoms with Gasteiger partial charge in [0, 0.05) is 12.1 Å². The molecule has 0 saturated carbocycles. The first kappa shape index (κ1) is 14.0. The molecule has 0 amide bonds. The van der Waals surface area contributed by atoms with E-state index in [4.69, 9.17) is 0 Å². The second kappa shape index (κ2) is 5.30. The topological polar surface area (TPSA) is 91.4 Å². The number of hydrogen-bond acceptors (Lipinski definition) is 4. The number of nitro benzene ring substituents is 1.